The molecule has 0 radical (unpaired) electrons. The number of hydrogen-bond acceptors (Lipinski definition) is 4. The number of carbonyl (C=O) groups excluding carboxylic acids is 1. The fourth-order valence-corrected chi connectivity index (χ4v) is 4.49. The van der Waals surface area contributed by atoms with Crippen LogP contribution in [-0.2, 0) is 27.7 Å². The molecule has 1 aliphatic carbocycles. The number of nitrogens with one attached hydrogen (secondary N) is 1. The van der Waals surface area contributed by atoms with Crippen molar-refractivity contribution in [2.24, 2.45) is 0 Å². The fraction of sp³-hybridized carbons (Fsp3) is 0.316. The smallest absolute Gasteiger partial charge is 0.243 e. The average Bonchev–Trinajstić information content (AvgIpc) is 3.09. The monoisotopic (exact) mass is 408 g/mol. The molecule has 0 saturated carbocycles. The van der Waals surface area contributed by atoms with Crippen molar-refractivity contribution in [1.29, 1.82) is 0 Å². The number of fused-ring (bicyclic) bond motifs is 1. The van der Waals surface area contributed by atoms with E-state index in [0.717, 1.165) is 29.1 Å². The first kappa shape index (κ1) is 19.7. The van der Waals surface area contributed by atoms with Gasteiger partial charge >= 0.3 is 0 Å². The van der Waals surface area contributed by atoms with Crippen LogP contribution in [0.4, 0.5) is 5.69 Å². The van der Waals surface area contributed by atoms with Gasteiger partial charge in [-0.25, -0.2) is 8.42 Å². The van der Waals surface area contributed by atoms with Gasteiger partial charge in [0.1, 0.15) is 5.75 Å². The maximum atomic E-state index is 12.8. The summed E-state index contributed by atoms with van der Waals surface area (Å²) in [6.45, 7) is -0.324. The Balaban J connectivity index is 1.73. The maximum absolute atomic E-state index is 12.8. The zero-order valence-electron chi connectivity index (χ0n) is 15.2. The van der Waals surface area contributed by atoms with E-state index >= 15 is 0 Å². The molecular weight excluding hydrogens is 388 g/mol. The largest absolute Gasteiger partial charge is 0.495 e. The van der Waals surface area contributed by atoms with Crippen molar-refractivity contribution in [3.05, 3.63) is 52.5 Å². The number of likely N-dealkylation sites (N-methyl/N-ethyl adjacent to an activating group) is 1. The molecule has 0 unspecified atom stereocenters. The first-order chi connectivity index (χ1) is 12.8. The van der Waals surface area contributed by atoms with Crippen LogP contribution in [0.3, 0.4) is 0 Å². The molecule has 27 heavy (non-hydrogen) atoms. The minimum absolute atomic E-state index is 0.207. The van der Waals surface area contributed by atoms with Gasteiger partial charge in [-0.05, 0) is 60.7 Å². The predicted octanol–water partition coefficient (Wildman–Crippen LogP) is 3.10. The third kappa shape index (κ3) is 4.26. The summed E-state index contributed by atoms with van der Waals surface area (Å²) in [5.41, 5.74) is 2.65. The molecule has 2 aromatic rings. The SMILES string of the molecule is COc1ccc(Cl)cc1NC(=O)CN(C)S(=O)(=O)c1ccc2c(c1)CCC2. The second-order valence-electron chi connectivity index (χ2n) is 6.44. The van der Waals surface area contributed by atoms with Crippen LogP contribution in [0.15, 0.2) is 41.3 Å². The molecule has 0 aliphatic heterocycles. The summed E-state index contributed by atoms with van der Waals surface area (Å²) in [6, 6.07) is 10.00. The highest BCUT2D eigenvalue weighted by Crippen LogP contribution is 2.28. The zero-order valence-corrected chi connectivity index (χ0v) is 16.7. The third-order valence-electron chi connectivity index (χ3n) is 4.58. The lowest BCUT2D eigenvalue weighted by molar-refractivity contribution is -0.116. The van der Waals surface area contributed by atoms with Gasteiger partial charge in [0.25, 0.3) is 0 Å². The summed E-state index contributed by atoms with van der Waals surface area (Å²) in [6.07, 6.45) is 2.91. The number of aryl methyl sites for hydroxylation is 2. The highest BCUT2D eigenvalue weighted by Gasteiger charge is 2.25. The Bertz CT molecular complexity index is 976. The number of rotatable bonds is 6. The second-order valence-corrected chi connectivity index (χ2v) is 8.92. The Morgan fingerprint density at radius 1 is 1.19 bits per heavy atom. The molecule has 0 aromatic heterocycles. The number of anilines is 1. The van der Waals surface area contributed by atoms with Crippen molar-refractivity contribution in [3.63, 3.8) is 0 Å². The minimum Gasteiger partial charge on any atom is -0.495 e. The van der Waals surface area contributed by atoms with Gasteiger partial charge in [0, 0.05) is 12.1 Å². The molecule has 2 aromatic carbocycles. The lowest BCUT2D eigenvalue weighted by Crippen LogP contribution is -2.35. The average molecular weight is 409 g/mol. The Labute approximate surface area is 164 Å². The van der Waals surface area contributed by atoms with E-state index in [-0.39, 0.29) is 11.4 Å². The number of ether oxygens (including phenoxy) is 1. The minimum atomic E-state index is -3.76. The van der Waals surface area contributed by atoms with Crippen LogP contribution in [0, 0.1) is 0 Å². The van der Waals surface area contributed by atoms with Crippen LogP contribution in [0.25, 0.3) is 0 Å². The van der Waals surface area contributed by atoms with Crippen molar-refractivity contribution in [2.45, 2.75) is 24.2 Å². The maximum Gasteiger partial charge on any atom is 0.243 e. The topological polar surface area (TPSA) is 75.7 Å². The number of hydrogen-bond donors (Lipinski definition) is 1. The summed E-state index contributed by atoms with van der Waals surface area (Å²) in [4.78, 5) is 12.6. The molecule has 0 heterocycles. The van der Waals surface area contributed by atoms with Gasteiger partial charge in [0.2, 0.25) is 15.9 Å². The lowest BCUT2D eigenvalue weighted by atomic mass is 10.1. The van der Waals surface area contributed by atoms with Gasteiger partial charge in [-0.2, -0.15) is 4.31 Å². The molecule has 1 aliphatic rings. The highest BCUT2D eigenvalue weighted by atomic mass is 35.5. The number of amides is 1. The Kier molecular flexibility index (Phi) is 5.74. The predicted molar refractivity (Wildman–Crippen MR) is 105 cm³/mol. The molecule has 0 fully saturated rings. The molecule has 0 saturated heterocycles. The quantitative estimate of drug-likeness (QED) is 0.796. The van der Waals surface area contributed by atoms with E-state index in [2.05, 4.69) is 5.32 Å². The van der Waals surface area contributed by atoms with Crippen LogP contribution >= 0.6 is 11.6 Å². The number of nitrogens with zero attached hydrogens (tertiary/aromatic N) is 1. The second kappa shape index (κ2) is 7.88. The first-order valence-corrected chi connectivity index (χ1v) is 10.3. The van der Waals surface area contributed by atoms with E-state index in [4.69, 9.17) is 16.3 Å². The lowest BCUT2D eigenvalue weighted by Gasteiger charge is -2.18. The van der Waals surface area contributed by atoms with Gasteiger partial charge in [0.15, 0.2) is 0 Å². The molecule has 0 atom stereocenters. The van der Waals surface area contributed by atoms with Crippen molar-refractivity contribution in [3.8, 4) is 5.75 Å². The summed E-state index contributed by atoms with van der Waals surface area (Å²) in [7, 11) is -0.895. The highest BCUT2D eigenvalue weighted by molar-refractivity contribution is 7.89. The molecule has 0 bridgehead atoms. The van der Waals surface area contributed by atoms with Crippen LogP contribution in [0.5, 0.6) is 5.75 Å². The van der Waals surface area contributed by atoms with Crippen molar-refractivity contribution >= 4 is 33.2 Å². The molecule has 144 valence electrons. The molecule has 1 N–H and O–H groups in total. The normalized spacial score (nSPS) is 13.5. The molecular formula is C19H21ClN2O4S. The van der Waals surface area contributed by atoms with Crippen molar-refractivity contribution in [2.75, 3.05) is 26.0 Å². The first-order valence-electron chi connectivity index (χ1n) is 8.53. The van der Waals surface area contributed by atoms with E-state index in [1.807, 2.05) is 6.07 Å². The zero-order chi connectivity index (χ0) is 19.6. The number of benzene rings is 2. The van der Waals surface area contributed by atoms with Gasteiger partial charge in [0.05, 0.1) is 24.2 Å². The Morgan fingerprint density at radius 2 is 1.93 bits per heavy atom. The molecule has 3 rings (SSSR count). The van der Waals surface area contributed by atoms with Crippen molar-refractivity contribution < 1.29 is 17.9 Å². The van der Waals surface area contributed by atoms with Crippen LogP contribution in [0.2, 0.25) is 5.02 Å². The van der Waals surface area contributed by atoms with Gasteiger partial charge in [-0.1, -0.05) is 17.7 Å². The van der Waals surface area contributed by atoms with E-state index in [1.165, 1.54) is 19.7 Å². The van der Waals surface area contributed by atoms with Gasteiger partial charge < -0.3 is 10.1 Å². The third-order valence-corrected chi connectivity index (χ3v) is 6.61. The molecule has 6 nitrogen and oxygen atoms in total. The Hall–Kier alpha value is -2.09. The fourth-order valence-electron chi connectivity index (χ4n) is 3.14. The van der Waals surface area contributed by atoms with E-state index in [9.17, 15) is 13.2 Å². The van der Waals surface area contributed by atoms with Crippen LogP contribution in [0.1, 0.15) is 17.5 Å². The van der Waals surface area contributed by atoms with E-state index in [0.29, 0.717) is 16.5 Å². The summed E-state index contributed by atoms with van der Waals surface area (Å²) in [5.74, 6) is -0.0420. The van der Waals surface area contributed by atoms with Crippen LogP contribution in [-0.4, -0.2) is 39.3 Å². The number of halogens is 1. The molecule has 0 spiro atoms. The molecule has 1 amide bonds. The number of sulfonamides is 1. The Morgan fingerprint density at radius 3 is 2.67 bits per heavy atom. The van der Waals surface area contributed by atoms with Gasteiger partial charge in [-0.15, -0.1) is 0 Å². The number of carbonyl (C=O) groups is 1. The molecule has 8 heteroatoms. The number of methoxy groups -OCH3 is 1. The van der Waals surface area contributed by atoms with Crippen molar-refractivity contribution in [1.82, 2.24) is 4.31 Å². The standard InChI is InChI=1S/C19H21ClN2O4S/c1-22(12-19(23)21-17-11-15(20)7-9-18(17)26-2)27(24,25)16-8-6-13-4-3-5-14(13)10-16/h6-11H,3-5,12H2,1-2H3,(H,21,23). The summed E-state index contributed by atoms with van der Waals surface area (Å²) >= 11 is 5.95. The van der Waals surface area contributed by atoms with E-state index < -0.39 is 15.9 Å². The summed E-state index contributed by atoms with van der Waals surface area (Å²) < 4.78 is 31.8. The van der Waals surface area contributed by atoms with Gasteiger partial charge in [-0.3, -0.25) is 4.79 Å². The van der Waals surface area contributed by atoms with Crippen LogP contribution < -0.4 is 10.1 Å². The van der Waals surface area contributed by atoms with E-state index in [1.54, 1.807) is 30.3 Å². The summed E-state index contributed by atoms with van der Waals surface area (Å²) in [5, 5.41) is 3.08.